The number of aryl methyl sites for hydroxylation is 1. The van der Waals surface area contributed by atoms with Crippen LogP contribution in [0.5, 0.6) is 5.75 Å². The zero-order chi connectivity index (χ0) is 15.7. The smallest absolute Gasteiger partial charge is 0.243 e. The molecule has 3 rings (SSSR count). The topological polar surface area (TPSA) is 55.8 Å². The van der Waals surface area contributed by atoms with Crippen LogP contribution >= 0.6 is 0 Å². The van der Waals surface area contributed by atoms with Gasteiger partial charge in [-0.2, -0.15) is 4.31 Å². The normalized spacial score (nSPS) is 22.9. The maximum absolute atomic E-state index is 12.7. The molecule has 0 N–H and O–H groups in total. The number of ether oxygens (including phenoxy) is 2. The average molecular weight is 325 g/mol. The zero-order valence-electron chi connectivity index (χ0n) is 13.1. The summed E-state index contributed by atoms with van der Waals surface area (Å²) in [5.74, 6) is 1.40. The first-order chi connectivity index (χ1) is 10.5. The summed E-state index contributed by atoms with van der Waals surface area (Å²) in [5, 5.41) is 0. The van der Waals surface area contributed by atoms with Crippen LogP contribution in [0.3, 0.4) is 0 Å². The van der Waals surface area contributed by atoms with E-state index in [1.165, 1.54) is 17.1 Å². The fraction of sp³-hybridized carbons (Fsp3) is 0.625. The molecule has 0 radical (unpaired) electrons. The Hall–Kier alpha value is -1.11. The molecule has 2 aliphatic rings. The summed E-state index contributed by atoms with van der Waals surface area (Å²) in [6.07, 6.45) is 3.32. The van der Waals surface area contributed by atoms with Gasteiger partial charge in [-0.05, 0) is 55.9 Å². The molecule has 6 heteroatoms. The van der Waals surface area contributed by atoms with E-state index in [2.05, 4.69) is 0 Å². The van der Waals surface area contributed by atoms with Crippen LogP contribution in [0.15, 0.2) is 23.1 Å². The van der Waals surface area contributed by atoms with Gasteiger partial charge in [-0.15, -0.1) is 0 Å². The number of rotatable bonds is 6. The summed E-state index contributed by atoms with van der Waals surface area (Å²) in [7, 11) is -1.86. The highest BCUT2D eigenvalue weighted by Crippen LogP contribution is 2.31. The van der Waals surface area contributed by atoms with Crippen molar-refractivity contribution in [1.82, 2.24) is 4.31 Å². The van der Waals surface area contributed by atoms with Crippen molar-refractivity contribution < 1.29 is 17.9 Å². The SMILES string of the molecule is COc1ccc(S(=O)(=O)N2CC[C@H](OCC3CC3)C2)cc1C. The first kappa shape index (κ1) is 15.8. The standard InChI is InChI=1S/C16H23NO4S/c1-12-9-15(5-6-16(12)20-2)22(18,19)17-8-7-14(10-17)21-11-13-3-4-13/h5-6,9,13-14H,3-4,7-8,10-11H2,1-2H3/t14-/m0/s1. The summed E-state index contributed by atoms with van der Waals surface area (Å²) in [6, 6.07) is 4.99. The van der Waals surface area contributed by atoms with Gasteiger partial charge in [0.05, 0.1) is 18.1 Å². The lowest BCUT2D eigenvalue weighted by molar-refractivity contribution is 0.0561. The van der Waals surface area contributed by atoms with Crippen molar-refractivity contribution in [3.05, 3.63) is 23.8 Å². The predicted molar refractivity (Wildman–Crippen MR) is 83.6 cm³/mol. The molecule has 1 aliphatic carbocycles. The van der Waals surface area contributed by atoms with Gasteiger partial charge in [-0.3, -0.25) is 0 Å². The van der Waals surface area contributed by atoms with Crippen LogP contribution in [0.2, 0.25) is 0 Å². The number of methoxy groups -OCH3 is 1. The van der Waals surface area contributed by atoms with E-state index in [-0.39, 0.29) is 6.10 Å². The molecule has 2 fully saturated rings. The summed E-state index contributed by atoms with van der Waals surface area (Å²) >= 11 is 0. The largest absolute Gasteiger partial charge is 0.496 e. The molecule has 22 heavy (non-hydrogen) atoms. The van der Waals surface area contributed by atoms with E-state index < -0.39 is 10.0 Å². The molecule has 1 saturated heterocycles. The van der Waals surface area contributed by atoms with Crippen molar-refractivity contribution >= 4 is 10.0 Å². The highest BCUT2D eigenvalue weighted by Gasteiger charge is 2.34. The Morgan fingerprint density at radius 3 is 2.68 bits per heavy atom. The minimum absolute atomic E-state index is 0.0368. The number of hydrogen-bond donors (Lipinski definition) is 0. The zero-order valence-corrected chi connectivity index (χ0v) is 13.9. The number of nitrogens with zero attached hydrogens (tertiary/aromatic N) is 1. The monoisotopic (exact) mass is 325 g/mol. The van der Waals surface area contributed by atoms with Gasteiger partial charge in [-0.1, -0.05) is 0 Å². The van der Waals surface area contributed by atoms with Gasteiger partial charge in [0.15, 0.2) is 0 Å². The number of sulfonamides is 1. The summed E-state index contributed by atoms with van der Waals surface area (Å²) in [4.78, 5) is 0.327. The number of hydrogen-bond acceptors (Lipinski definition) is 4. The Labute approximate surface area is 132 Å². The minimum atomic E-state index is -3.44. The van der Waals surface area contributed by atoms with Crippen molar-refractivity contribution in [3.63, 3.8) is 0 Å². The second-order valence-electron chi connectivity index (χ2n) is 6.18. The fourth-order valence-electron chi connectivity index (χ4n) is 2.77. The second kappa shape index (κ2) is 6.18. The van der Waals surface area contributed by atoms with Crippen molar-refractivity contribution in [1.29, 1.82) is 0 Å². The molecule has 1 saturated carbocycles. The van der Waals surface area contributed by atoms with Crippen LogP contribution in [0, 0.1) is 12.8 Å². The Balaban J connectivity index is 1.68. The third-order valence-corrected chi connectivity index (χ3v) is 6.24. The van der Waals surface area contributed by atoms with E-state index in [4.69, 9.17) is 9.47 Å². The first-order valence-electron chi connectivity index (χ1n) is 7.77. The lowest BCUT2D eigenvalue weighted by Crippen LogP contribution is -2.30. The summed E-state index contributed by atoms with van der Waals surface area (Å²) < 4.78 is 38.0. The molecule has 122 valence electrons. The first-order valence-corrected chi connectivity index (χ1v) is 9.21. The molecular weight excluding hydrogens is 302 g/mol. The Morgan fingerprint density at radius 1 is 1.27 bits per heavy atom. The number of benzene rings is 1. The van der Waals surface area contributed by atoms with Crippen molar-refractivity contribution in [2.45, 2.75) is 37.2 Å². The van der Waals surface area contributed by atoms with Crippen molar-refractivity contribution in [3.8, 4) is 5.75 Å². The van der Waals surface area contributed by atoms with Gasteiger partial charge >= 0.3 is 0 Å². The minimum Gasteiger partial charge on any atom is -0.496 e. The average Bonchev–Trinajstić information content (AvgIpc) is 3.20. The van der Waals surface area contributed by atoms with Gasteiger partial charge in [0.2, 0.25) is 10.0 Å². The molecule has 0 aromatic heterocycles. The van der Waals surface area contributed by atoms with Gasteiger partial charge in [-0.25, -0.2) is 8.42 Å². The molecule has 1 atom stereocenters. The van der Waals surface area contributed by atoms with Crippen LogP contribution in [0.4, 0.5) is 0 Å². The van der Waals surface area contributed by atoms with E-state index in [1.54, 1.807) is 25.3 Å². The van der Waals surface area contributed by atoms with Gasteiger partial charge in [0.1, 0.15) is 5.75 Å². The maximum atomic E-state index is 12.7. The highest BCUT2D eigenvalue weighted by atomic mass is 32.2. The fourth-order valence-corrected chi connectivity index (χ4v) is 4.34. The highest BCUT2D eigenvalue weighted by molar-refractivity contribution is 7.89. The van der Waals surface area contributed by atoms with Crippen molar-refractivity contribution in [2.24, 2.45) is 5.92 Å². The third-order valence-electron chi connectivity index (χ3n) is 4.38. The van der Waals surface area contributed by atoms with Gasteiger partial charge < -0.3 is 9.47 Å². The Bertz CT molecular complexity index is 640. The van der Waals surface area contributed by atoms with Gasteiger partial charge in [0, 0.05) is 19.7 Å². The van der Waals surface area contributed by atoms with Crippen LogP contribution in [0.1, 0.15) is 24.8 Å². The van der Waals surface area contributed by atoms with E-state index in [1.807, 2.05) is 6.92 Å². The third kappa shape index (κ3) is 3.29. The molecule has 0 amide bonds. The molecular formula is C16H23NO4S. The van der Waals surface area contributed by atoms with Crippen LogP contribution in [-0.4, -0.2) is 45.6 Å². The molecule has 0 spiro atoms. The van der Waals surface area contributed by atoms with Crippen LogP contribution in [0.25, 0.3) is 0 Å². The molecule has 1 aromatic rings. The molecule has 0 bridgehead atoms. The molecule has 1 aliphatic heterocycles. The van der Waals surface area contributed by atoms with Gasteiger partial charge in [0.25, 0.3) is 0 Å². The second-order valence-corrected chi connectivity index (χ2v) is 8.12. The quantitative estimate of drug-likeness (QED) is 0.804. The van der Waals surface area contributed by atoms with Crippen LogP contribution < -0.4 is 4.74 Å². The Kier molecular flexibility index (Phi) is 4.43. The molecule has 1 heterocycles. The van der Waals surface area contributed by atoms with E-state index in [0.29, 0.717) is 29.7 Å². The molecule has 5 nitrogen and oxygen atoms in total. The summed E-state index contributed by atoms with van der Waals surface area (Å²) in [5.41, 5.74) is 0.823. The maximum Gasteiger partial charge on any atom is 0.243 e. The van der Waals surface area contributed by atoms with E-state index in [9.17, 15) is 8.42 Å². The lowest BCUT2D eigenvalue weighted by atomic mass is 10.2. The predicted octanol–water partition coefficient (Wildman–Crippen LogP) is 2.19. The lowest BCUT2D eigenvalue weighted by Gasteiger charge is -2.17. The van der Waals surface area contributed by atoms with E-state index >= 15 is 0 Å². The van der Waals surface area contributed by atoms with Crippen LogP contribution in [-0.2, 0) is 14.8 Å². The molecule has 1 aromatic carbocycles. The molecule has 0 unspecified atom stereocenters. The van der Waals surface area contributed by atoms with Crippen molar-refractivity contribution in [2.75, 3.05) is 26.8 Å². The summed E-state index contributed by atoms with van der Waals surface area (Å²) in [6.45, 7) is 3.62. The van der Waals surface area contributed by atoms with E-state index in [0.717, 1.165) is 18.6 Å². The Morgan fingerprint density at radius 2 is 2.05 bits per heavy atom.